The van der Waals surface area contributed by atoms with Crippen LogP contribution in [-0.2, 0) is 16.1 Å². The molecule has 0 atom stereocenters. The van der Waals surface area contributed by atoms with Gasteiger partial charge in [0.2, 0.25) is 11.8 Å². The summed E-state index contributed by atoms with van der Waals surface area (Å²) in [6, 6.07) is 13.2. The molecule has 0 fully saturated rings. The number of pyridine rings is 1. The maximum Gasteiger partial charge on any atom is 0.258 e. The highest BCUT2D eigenvalue weighted by atomic mass is 16.2. The van der Waals surface area contributed by atoms with Crippen LogP contribution in [0.3, 0.4) is 0 Å². The Kier molecular flexibility index (Phi) is 7.33. The van der Waals surface area contributed by atoms with Crippen LogP contribution < -0.4 is 17.0 Å². The van der Waals surface area contributed by atoms with E-state index in [0.29, 0.717) is 42.0 Å². The summed E-state index contributed by atoms with van der Waals surface area (Å²) in [6.45, 7) is 5.39. The van der Waals surface area contributed by atoms with Gasteiger partial charge in [-0.05, 0) is 59.7 Å². The van der Waals surface area contributed by atoms with Crippen molar-refractivity contribution >= 4 is 40.2 Å². The van der Waals surface area contributed by atoms with Gasteiger partial charge in [-0.2, -0.15) is 0 Å². The van der Waals surface area contributed by atoms with Crippen LogP contribution in [-0.4, -0.2) is 40.2 Å². The summed E-state index contributed by atoms with van der Waals surface area (Å²) < 4.78 is 1.30. The van der Waals surface area contributed by atoms with Gasteiger partial charge in [0.15, 0.2) is 0 Å². The Bertz CT molecular complexity index is 1450. The van der Waals surface area contributed by atoms with E-state index >= 15 is 0 Å². The van der Waals surface area contributed by atoms with E-state index in [-0.39, 0.29) is 18.0 Å². The summed E-state index contributed by atoms with van der Waals surface area (Å²) in [4.78, 5) is 43.6. The molecule has 36 heavy (non-hydrogen) atoms. The standard InChI is InChI=1S/C28H31N5O3/c1-3-10-32(11-4-2)27(35)22-14-21-6-5-19(15-24(21)31-25(29)16-22)18-7-8-23-20(13-18)9-12-33(28(23)36)17-26(30)34/h5-9,12-15H,3-4,10-11,16-17H2,1-2H3,(H2,29,31)(H2,30,34). The number of primary amides is 1. The van der Waals surface area contributed by atoms with Gasteiger partial charge in [0, 0.05) is 42.2 Å². The van der Waals surface area contributed by atoms with E-state index in [2.05, 4.69) is 18.8 Å². The van der Waals surface area contributed by atoms with Crippen molar-refractivity contribution < 1.29 is 9.59 Å². The predicted octanol–water partition coefficient (Wildman–Crippen LogP) is 3.58. The zero-order valence-electron chi connectivity index (χ0n) is 20.7. The second kappa shape index (κ2) is 10.6. The molecule has 0 bridgehead atoms. The summed E-state index contributed by atoms with van der Waals surface area (Å²) in [5.41, 5.74) is 15.2. The molecule has 4 N–H and O–H groups in total. The minimum Gasteiger partial charge on any atom is -0.387 e. The predicted molar refractivity (Wildman–Crippen MR) is 144 cm³/mol. The molecule has 0 unspecified atom stereocenters. The molecular weight excluding hydrogens is 454 g/mol. The number of nitrogens with zero attached hydrogens (tertiary/aromatic N) is 3. The lowest BCUT2D eigenvalue weighted by molar-refractivity contribution is -0.127. The highest BCUT2D eigenvalue weighted by Crippen LogP contribution is 2.33. The summed E-state index contributed by atoms with van der Waals surface area (Å²) in [5, 5.41) is 1.27. The lowest BCUT2D eigenvalue weighted by atomic mass is 9.99. The van der Waals surface area contributed by atoms with Gasteiger partial charge in [-0.3, -0.25) is 14.4 Å². The number of hydrogen-bond acceptors (Lipinski definition) is 5. The van der Waals surface area contributed by atoms with Crippen molar-refractivity contribution in [2.45, 2.75) is 39.7 Å². The summed E-state index contributed by atoms with van der Waals surface area (Å²) >= 11 is 0. The Morgan fingerprint density at radius 2 is 1.72 bits per heavy atom. The fourth-order valence-corrected chi connectivity index (χ4v) is 4.53. The van der Waals surface area contributed by atoms with Crippen LogP contribution in [0.1, 0.15) is 38.7 Å². The van der Waals surface area contributed by atoms with Gasteiger partial charge in [0.05, 0.1) is 5.69 Å². The molecule has 2 amide bonds. The Hall–Kier alpha value is -4.20. The van der Waals surface area contributed by atoms with Crippen molar-refractivity contribution in [3.05, 3.63) is 70.2 Å². The van der Waals surface area contributed by atoms with Crippen LogP contribution in [0.15, 0.2) is 64.0 Å². The van der Waals surface area contributed by atoms with E-state index in [1.807, 2.05) is 41.3 Å². The van der Waals surface area contributed by atoms with E-state index in [0.717, 1.165) is 34.9 Å². The van der Waals surface area contributed by atoms with Crippen molar-refractivity contribution in [2.24, 2.45) is 16.5 Å². The number of carbonyl (C=O) groups excluding carboxylic acids is 2. The lowest BCUT2D eigenvalue weighted by Crippen LogP contribution is -2.34. The topological polar surface area (TPSA) is 124 Å². The number of benzene rings is 2. The number of rotatable bonds is 8. The highest BCUT2D eigenvalue weighted by Gasteiger charge is 2.21. The zero-order valence-corrected chi connectivity index (χ0v) is 20.7. The normalized spacial score (nSPS) is 12.9. The van der Waals surface area contributed by atoms with Crippen molar-refractivity contribution in [1.82, 2.24) is 9.47 Å². The molecule has 0 saturated heterocycles. The maximum absolute atomic E-state index is 13.2. The number of amides is 2. The number of carbonyl (C=O) groups is 2. The van der Waals surface area contributed by atoms with Crippen molar-refractivity contribution in [3.63, 3.8) is 0 Å². The highest BCUT2D eigenvalue weighted by molar-refractivity contribution is 6.05. The third-order valence-corrected chi connectivity index (χ3v) is 6.18. The van der Waals surface area contributed by atoms with Crippen LogP contribution in [0, 0.1) is 0 Å². The fourth-order valence-electron chi connectivity index (χ4n) is 4.53. The Balaban J connectivity index is 1.70. The van der Waals surface area contributed by atoms with Gasteiger partial charge in [-0.1, -0.05) is 32.0 Å². The van der Waals surface area contributed by atoms with Crippen LogP contribution in [0.25, 0.3) is 28.0 Å². The van der Waals surface area contributed by atoms with Crippen LogP contribution >= 0.6 is 0 Å². The minimum absolute atomic E-state index is 0.00491. The molecule has 1 aromatic heterocycles. The molecule has 2 heterocycles. The van der Waals surface area contributed by atoms with Crippen LogP contribution in [0.5, 0.6) is 0 Å². The third-order valence-electron chi connectivity index (χ3n) is 6.18. The first-order valence-electron chi connectivity index (χ1n) is 12.2. The molecule has 0 spiro atoms. The molecule has 1 aliphatic rings. The largest absolute Gasteiger partial charge is 0.387 e. The number of amidine groups is 1. The van der Waals surface area contributed by atoms with Crippen molar-refractivity contribution in [1.29, 1.82) is 0 Å². The molecule has 0 aliphatic carbocycles. The van der Waals surface area contributed by atoms with Gasteiger partial charge in [-0.15, -0.1) is 0 Å². The Morgan fingerprint density at radius 1 is 1.03 bits per heavy atom. The van der Waals surface area contributed by atoms with Crippen LogP contribution in [0.2, 0.25) is 0 Å². The maximum atomic E-state index is 13.2. The average molecular weight is 486 g/mol. The molecule has 4 rings (SSSR count). The third kappa shape index (κ3) is 5.22. The number of hydrogen-bond donors (Lipinski definition) is 2. The number of nitrogens with two attached hydrogens (primary N) is 2. The first-order chi connectivity index (χ1) is 17.3. The fraction of sp³-hybridized carbons (Fsp3) is 0.286. The molecule has 8 heteroatoms. The SMILES string of the molecule is CCCN(CCC)C(=O)C1=Cc2ccc(-c3ccc4c(=O)n(CC(N)=O)ccc4c3)cc2N=C(N)C1. The molecular formula is C28H31N5O3. The van der Waals surface area contributed by atoms with Crippen molar-refractivity contribution in [3.8, 4) is 11.1 Å². The van der Waals surface area contributed by atoms with Crippen molar-refractivity contribution in [2.75, 3.05) is 13.1 Å². The van der Waals surface area contributed by atoms with Gasteiger partial charge in [0.1, 0.15) is 12.4 Å². The van der Waals surface area contributed by atoms with E-state index < -0.39 is 5.91 Å². The van der Waals surface area contributed by atoms with E-state index in [1.165, 1.54) is 4.57 Å². The quantitative estimate of drug-likeness (QED) is 0.506. The van der Waals surface area contributed by atoms with Crippen LogP contribution in [0.4, 0.5) is 5.69 Å². The minimum atomic E-state index is -0.569. The van der Waals surface area contributed by atoms with E-state index in [9.17, 15) is 14.4 Å². The van der Waals surface area contributed by atoms with E-state index in [1.54, 1.807) is 18.3 Å². The van der Waals surface area contributed by atoms with Gasteiger partial charge >= 0.3 is 0 Å². The number of aliphatic imine (C=N–C) groups is 1. The number of aromatic nitrogens is 1. The molecule has 0 saturated carbocycles. The second-order valence-electron chi connectivity index (χ2n) is 9.03. The smallest absolute Gasteiger partial charge is 0.258 e. The second-order valence-corrected chi connectivity index (χ2v) is 9.03. The summed E-state index contributed by atoms with van der Waals surface area (Å²) in [5.74, 6) is -0.169. The monoisotopic (exact) mass is 485 g/mol. The first kappa shape index (κ1) is 24.9. The van der Waals surface area contributed by atoms with Gasteiger partial charge < -0.3 is 20.9 Å². The Labute approximate surface area is 209 Å². The zero-order chi connectivity index (χ0) is 25.8. The molecule has 3 aromatic rings. The molecule has 8 nitrogen and oxygen atoms in total. The Morgan fingerprint density at radius 3 is 2.42 bits per heavy atom. The average Bonchev–Trinajstić information content (AvgIpc) is 3.02. The summed E-state index contributed by atoms with van der Waals surface area (Å²) in [6.07, 6.45) is 5.57. The molecule has 0 radical (unpaired) electrons. The number of fused-ring (bicyclic) bond motifs is 2. The summed E-state index contributed by atoms with van der Waals surface area (Å²) in [7, 11) is 0. The van der Waals surface area contributed by atoms with Gasteiger partial charge in [0.25, 0.3) is 5.56 Å². The van der Waals surface area contributed by atoms with E-state index in [4.69, 9.17) is 11.5 Å². The first-order valence-corrected chi connectivity index (χ1v) is 12.2. The van der Waals surface area contributed by atoms with Gasteiger partial charge in [-0.25, -0.2) is 4.99 Å². The lowest BCUT2D eigenvalue weighted by Gasteiger charge is -2.22. The molecule has 186 valence electrons. The molecule has 2 aromatic carbocycles. The molecule has 1 aliphatic heterocycles.